The summed E-state index contributed by atoms with van der Waals surface area (Å²) in [6, 6.07) is 20.6. The predicted octanol–water partition coefficient (Wildman–Crippen LogP) is 5.84. The van der Waals surface area contributed by atoms with Gasteiger partial charge in [-0.25, -0.2) is 5.01 Å². The van der Waals surface area contributed by atoms with Crippen molar-refractivity contribution < 1.29 is 19.1 Å². The van der Waals surface area contributed by atoms with E-state index < -0.39 is 5.25 Å². The topological polar surface area (TPSA) is 92.6 Å². The Labute approximate surface area is 236 Å². The van der Waals surface area contributed by atoms with E-state index in [1.54, 1.807) is 31.4 Å². The number of anilines is 1. The maximum Gasteiger partial charge on any atom is 0.262 e. The minimum atomic E-state index is -0.641. The second-order valence-electron chi connectivity index (χ2n) is 9.17. The van der Waals surface area contributed by atoms with E-state index in [0.29, 0.717) is 22.3 Å². The quantitative estimate of drug-likeness (QED) is 0.389. The van der Waals surface area contributed by atoms with E-state index >= 15 is 0 Å². The van der Waals surface area contributed by atoms with Crippen molar-refractivity contribution in [2.24, 2.45) is 10.1 Å². The number of hydrogen-bond acceptors (Lipinski definition) is 7. The molecule has 0 fully saturated rings. The first kappa shape index (κ1) is 26.8. The highest BCUT2D eigenvalue weighted by Crippen LogP contribution is 2.39. The average Bonchev–Trinajstić information content (AvgIpc) is 3.54. The number of carbonyl (C=O) groups excluding carboxylic acids is 2. The molecule has 10 heteroatoms. The van der Waals surface area contributed by atoms with Crippen LogP contribution in [-0.4, -0.2) is 47.2 Å². The molecule has 200 valence electrons. The zero-order valence-corrected chi connectivity index (χ0v) is 23.3. The standard InChI is InChI=1S/C29H27ClN4O4S/c1-17-4-9-20(14-23(17)30)31-27(35)16-26-28(36)32-29(39-26)34-25(19-7-12-22(38-3)13-8-19)15-24(33-34)18-5-10-21(37-2)11-6-18/h4-14,25-26H,15-16H2,1-3H3,(H,31,35)/t25-,26+/m1/s1. The van der Waals surface area contributed by atoms with Crippen molar-refractivity contribution in [1.82, 2.24) is 5.01 Å². The molecular weight excluding hydrogens is 536 g/mol. The molecule has 0 aromatic heterocycles. The van der Waals surface area contributed by atoms with Gasteiger partial charge in [-0.05, 0) is 72.1 Å². The van der Waals surface area contributed by atoms with Crippen LogP contribution in [0, 0.1) is 6.92 Å². The number of nitrogens with zero attached hydrogens (tertiary/aromatic N) is 3. The number of hydrogen-bond donors (Lipinski definition) is 1. The lowest BCUT2D eigenvalue weighted by molar-refractivity contribution is -0.121. The van der Waals surface area contributed by atoms with Crippen molar-refractivity contribution in [3.63, 3.8) is 0 Å². The molecule has 0 bridgehead atoms. The fraction of sp³-hybridized carbons (Fsp3) is 0.241. The third-order valence-corrected chi connectivity index (χ3v) is 8.13. The van der Waals surface area contributed by atoms with Gasteiger partial charge in [-0.15, -0.1) is 0 Å². The highest BCUT2D eigenvalue weighted by Gasteiger charge is 2.39. The molecule has 3 aromatic rings. The second kappa shape index (κ2) is 11.5. The molecule has 1 N–H and O–H groups in total. The van der Waals surface area contributed by atoms with Crippen molar-refractivity contribution >= 4 is 51.7 Å². The Bertz CT molecular complexity index is 1460. The maximum absolute atomic E-state index is 12.9. The van der Waals surface area contributed by atoms with Gasteiger partial charge in [-0.1, -0.05) is 41.6 Å². The molecule has 0 radical (unpaired) electrons. The van der Waals surface area contributed by atoms with Crippen LogP contribution in [0.2, 0.25) is 5.02 Å². The first-order chi connectivity index (χ1) is 18.8. The van der Waals surface area contributed by atoms with Crippen molar-refractivity contribution in [3.8, 4) is 11.5 Å². The molecule has 0 saturated carbocycles. The van der Waals surface area contributed by atoms with E-state index in [1.807, 2.05) is 61.5 Å². The molecule has 8 nitrogen and oxygen atoms in total. The van der Waals surface area contributed by atoms with Crippen LogP contribution in [0.5, 0.6) is 11.5 Å². The Balaban J connectivity index is 1.35. The summed E-state index contributed by atoms with van der Waals surface area (Å²) < 4.78 is 10.6. The Morgan fingerprint density at radius 2 is 1.72 bits per heavy atom. The summed E-state index contributed by atoms with van der Waals surface area (Å²) in [4.78, 5) is 29.9. The van der Waals surface area contributed by atoms with Gasteiger partial charge in [0.15, 0.2) is 5.17 Å². The summed E-state index contributed by atoms with van der Waals surface area (Å²) in [5.41, 5.74) is 4.34. The molecule has 5 rings (SSSR count). The number of amidine groups is 1. The number of nitrogens with one attached hydrogen (secondary N) is 1. The molecule has 0 unspecified atom stereocenters. The minimum absolute atomic E-state index is 0.0158. The van der Waals surface area contributed by atoms with Gasteiger partial charge in [0, 0.05) is 23.6 Å². The van der Waals surface area contributed by atoms with Gasteiger partial charge in [-0.3, -0.25) is 9.59 Å². The van der Waals surface area contributed by atoms with Gasteiger partial charge in [0.1, 0.15) is 16.7 Å². The van der Waals surface area contributed by atoms with Gasteiger partial charge in [-0.2, -0.15) is 10.1 Å². The van der Waals surface area contributed by atoms with E-state index in [-0.39, 0.29) is 24.3 Å². The molecule has 2 heterocycles. The number of thioether (sulfide) groups is 1. The highest BCUT2D eigenvalue weighted by atomic mass is 35.5. The monoisotopic (exact) mass is 562 g/mol. The number of rotatable bonds is 7. The first-order valence-electron chi connectivity index (χ1n) is 12.3. The lowest BCUT2D eigenvalue weighted by Gasteiger charge is -2.23. The van der Waals surface area contributed by atoms with Crippen molar-refractivity contribution in [2.75, 3.05) is 19.5 Å². The molecule has 39 heavy (non-hydrogen) atoms. The summed E-state index contributed by atoms with van der Waals surface area (Å²) in [6.45, 7) is 1.89. The Morgan fingerprint density at radius 1 is 1.05 bits per heavy atom. The number of hydrazone groups is 1. The van der Waals surface area contributed by atoms with Crippen LogP contribution >= 0.6 is 23.4 Å². The number of aryl methyl sites for hydroxylation is 1. The first-order valence-corrected chi connectivity index (χ1v) is 13.6. The lowest BCUT2D eigenvalue weighted by Crippen LogP contribution is -2.25. The number of methoxy groups -OCH3 is 2. The summed E-state index contributed by atoms with van der Waals surface area (Å²) in [7, 11) is 3.25. The minimum Gasteiger partial charge on any atom is -0.497 e. The summed E-state index contributed by atoms with van der Waals surface area (Å²) in [5.74, 6) is 0.876. The Morgan fingerprint density at radius 3 is 2.36 bits per heavy atom. The molecule has 0 saturated heterocycles. The van der Waals surface area contributed by atoms with Gasteiger partial charge in [0.25, 0.3) is 5.91 Å². The summed E-state index contributed by atoms with van der Waals surface area (Å²) in [6.07, 6.45) is 0.601. The van der Waals surface area contributed by atoms with E-state index in [1.165, 1.54) is 11.8 Å². The van der Waals surface area contributed by atoms with Crippen molar-refractivity contribution in [3.05, 3.63) is 88.4 Å². The molecule has 0 aliphatic carbocycles. The molecule has 2 aliphatic heterocycles. The zero-order chi connectivity index (χ0) is 27.5. The average molecular weight is 563 g/mol. The molecular formula is C29H27ClN4O4S. The van der Waals surface area contributed by atoms with E-state index in [4.69, 9.17) is 26.2 Å². The number of benzene rings is 3. The van der Waals surface area contributed by atoms with Crippen LogP contribution in [0.1, 0.15) is 35.6 Å². The van der Waals surface area contributed by atoms with Crippen molar-refractivity contribution in [2.45, 2.75) is 31.1 Å². The van der Waals surface area contributed by atoms with Crippen LogP contribution in [-0.2, 0) is 9.59 Å². The van der Waals surface area contributed by atoms with Crippen LogP contribution < -0.4 is 14.8 Å². The normalized spacial score (nSPS) is 18.6. The predicted molar refractivity (Wildman–Crippen MR) is 155 cm³/mol. The fourth-order valence-corrected chi connectivity index (χ4v) is 5.63. The van der Waals surface area contributed by atoms with E-state index in [2.05, 4.69) is 10.3 Å². The smallest absolute Gasteiger partial charge is 0.262 e. The highest BCUT2D eigenvalue weighted by molar-refractivity contribution is 8.15. The van der Waals surface area contributed by atoms with Crippen LogP contribution in [0.15, 0.2) is 76.8 Å². The SMILES string of the molecule is COc1ccc(C2=NN(C3=NC(=O)[C@H](CC(=O)Nc4ccc(C)c(Cl)c4)S3)[C@@H](c3ccc(OC)cc3)C2)cc1. The molecule has 2 aliphatic rings. The number of halogens is 1. The molecule has 3 aromatic carbocycles. The number of ether oxygens (including phenoxy) is 2. The number of aliphatic imine (C=N–C) groups is 1. The van der Waals surface area contributed by atoms with Gasteiger partial charge in [0.2, 0.25) is 5.91 Å². The third-order valence-electron chi connectivity index (χ3n) is 6.59. The fourth-order valence-electron chi connectivity index (χ4n) is 4.39. The van der Waals surface area contributed by atoms with E-state index in [9.17, 15) is 9.59 Å². The van der Waals surface area contributed by atoms with Gasteiger partial charge < -0.3 is 14.8 Å². The second-order valence-corrected chi connectivity index (χ2v) is 10.7. The third kappa shape index (κ3) is 5.94. The van der Waals surface area contributed by atoms with Gasteiger partial charge >= 0.3 is 0 Å². The van der Waals surface area contributed by atoms with Gasteiger partial charge in [0.05, 0.1) is 26.0 Å². The largest absolute Gasteiger partial charge is 0.497 e. The summed E-state index contributed by atoms with van der Waals surface area (Å²) >= 11 is 7.43. The Hall–Kier alpha value is -3.82. The van der Waals surface area contributed by atoms with E-state index in [0.717, 1.165) is 33.9 Å². The van der Waals surface area contributed by atoms with Crippen LogP contribution in [0.3, 0.4) is 0 Å². The lowest BCUT2D eigenvalue weighted by atomic mass is 9.98. The zero-order valence-electron chi connectivity index (χ0n) is 21.7. The molecule has 2 amide bonds. The molecule has 2 atom stereocenters. The Kier molecular flexibility index (Phi) is 7.90. The van der Waals surface area contributed by atoms with Crippen LogP contribution in [0.25, 0.3) is 0 Å². The maximum atomic E-state index is 12.9. The molecule has 0 spiro atoms. The number of carbonyl (C=O) groups is 2. The number of amides is 2. The van der Waals surface area contributed by atoms with Crippen molar-refractivity contribution in [1.29, 1.82) is 0 Å². The summed E-state index contributed by atoms with van der Waals surface area (Å²) in [5, 5.41) is 9.90. The van der Waals surface area contributed by atoms with Crippen LogP contribution in [0.4, 0.5) is 5.69 Å².